The fourth-order valence-corrected chi connectivity index (χ4v) is 3.06. The van der Waals surface area contributed by atoms with Crippen molar-refractivity contribution in [2.75, 3.05) is 0 Å². The standard InChI is InChI=1S/C18H12F3N3O/c1-23-10-11-5-2-3-8-14(11)15-16(23)17(25)24(22-15)13-7-4-6-12(9-13)18(19,20)21/h2-10H,1H3/p+1. The predicted molar refractivity (Wildman–Crippen MR) is 87.6 cm³/mol. The molecule has 25 heavy (non-hydrogen) atoms. The first kappa shape index (κ1) is 15.4. The number of rotatable bonds is 1. The van der Waals surface area contributed by atoms with E-state index in [4.69, 9.17) is 0 Å². The minimum atomic E-state index is -4.47. The van der Waals surface area contributed by atoms with E-state index in [1.54, 1.807) is 11.6 Å². The molecule has 126 valence electrons. The van der Waals surface area contributed by atoms with E-state index in [0.29, 0.717) is 11.0 Å². The van der Waals surface area contributed by atoms with E-state index in [9.17, 15) is 18.0 Å². The third-order valence-corrected chi connectivity index (χ3v) is 4.21. The second kappa shape index (κ2) is 5.20. The lowest BCUT2D eigenvalue weighted by Crippen LogP contribution is -2.33. The number of aromatic amines is 1. The van der Waals surface area contributed by atoms with E-state index in [0.717, 1.165) is 27.6 Å². The summed E-state index contributed by atoms with van der Waals surface area (Å²) in [5.74, 6) is 0. The first-order chi connectivity index (χ1) is 11.9. The van der Waals surface area contributed by atoms with Crippen molar-refractivity contribution in [3.63, 3.8) is 0 Å². The van der Waals surface area contributed by atoms with Crippen LogP contribution in [-0.2, 0) is 13.2 Å². The normalized spacial score (nSPS) is 12.2. The van der Waals surface area contributed by atoms with Gasteiger partial charge in [-0.1, -0.05) is 24.3 Å². The zero-order chi connectivity index (χ0) is 17.8. The Morgan fingerprint density at radius 3 is 2.60 bits per heavy atom. The molecule has 0 fully saturated rings. The van der Waals surface area contributed by atoms with Crippen LogP contribution in [0.25, 0.3) is 27.5 Å². The summed E-state index contributed by atoms with van der Waals surface area (Å²) in [6.07, 6.45) is -2.65. The lowest BCUT2D eigenvalue weighted by Gasteiger charge is -2.08. The number of pyridine rings is 1. The summed E-state index contributed by atoms with van der Waals surface area (Å²) in [5.41, 5.74) is -0.0772. The summed E-state index contributed by atoms with van der Waals surface area (Å²) in [5, 5.41) is 4.72. The molecule has 0 bridgehead atoms. The van der Waals surface area contributed by atoms with E-state index >= 15 is 0 Å². The molecule has 0 saturated heterocycles. The molecule has 2 heterocycles. The van der Waals surface area contributed by atoms with Crippen LogP contribution in [0.2, 0.25) is 0 Å². The van der Waals surface area contributed by atoms with Crippen molar-refractivity contribution in [1.29, 1.82) is 0 Å². The largest absolute Gasteiger partial charge is 0.416 e. The molecule has 4 aromatic rings. The number of nitrogens with one attached hydrogen (secondary N) is 1. The van der Waals surface area contributed by atoms with Crippen LogP contribution < -0.4 is 10.1 Å². The highest BCUT2D eigenvalue weighted by molar-refractivity contribution is 6.01. The van der Waals surface area contributed by atoms with Gasteiger partial charge in [-0.25, -0.2) is 4.68 Å². The summed E-state index contributed by atoms with van der Waals surface area (Å²) in [6, 6.07) is 12.2. The van der Waals surface area contributed by atoms with Crippen LogP contribution in [0, 0.1) is 0 Å². The zero-order valence-corrected chi connectivity index (χ0v) is 13.1. The Kier molecular flexibility index (Phi) is 3.21. The van der Waals surface area contributed by atoms with Gasteiger partial charge in [0.2, 0.25) is 0 Å². The summed E-state index contributed by atoms with van der Waals surface area (Å²) < 4.78 is 41.7. The fraction of sp³-hybridized carbons (Fsp3) is 0.111. The molecule has 1 N–H and O–H groups in total. The quantitative estimate of drug-likeness (QED) is 0.529. The number of aryl methyl sites for hydroxylation is 1. The first-order valence-corrected chi connectivity index (χ1v) is 7.56. The lowest BCUT2D eigenvalue weighted by molar-refractivity contribution is -0.644. The van der Waals surface area contributed by atoms with E-state index < -0.39 is 17.3 Å². The van der Waals surface area contributed by atoms with Gasteiger partial charge in [0.15, 0.2) is 6.20 Å². The maximum Gasteiger partial charge on any atom is 0.416 e. The highest BCUT2D eigenvalue weighted by atomic mass is 19.4. The highest BCUT2D eigenvalue weighted by Crippen LogP contribution is 2.30. The Morgan fingerprint density at radius 1 is 1.08 bits per heavy atom. The van der Waals surface area contributed by atoms with Crippen LogP contribution >= 0.6 is 0 Å². The van der Waals surface area contributed by atoms with E-state index in [1.807, 2.05) is 30.5 Å². The molecule has 0 aliphatic carbocycles. The third-order valence-electron chi connectivity index (χ3n) is 4.21. The Bertz CT molecular complexity index is 1170. The van der Waals surface area contributed by atoms with Crippen molar-refractivity contribution < 1.29 is 17.7 Å². The molecule has 0 unspecified atom stereocenters. The Labute approximate surface area is 139 Å². The van der Waals surface area contributed by atoms with Crippen molar-refractivity contribution in [3.05, 3.63) is 70.6 Å². The highest BCUT2D eigenvalue weighted by Gasteiger charge is 2.31. The number of halogens is 3. The van der Waals surface area contributed by atoms with Crippen LogP contribution in [0.5, 0.6) is 0 Å². The molecule has 0 aliphatic rings. The Balaban J connectivity index is 2.04. The number of alkyl halides is 3. The number of nitrogens with zero attached hydrogens (tertiary/aromatic N) is 2. The van der Waals surface area contributed by atoms with Crippen molar-refractivity contribution in [1.82, 2.24) is 9.78 Å². The van der Waals surface area contributed by atoms with Gasteiger partial charge in [-0.15, -0.1) is 0 Å². The van der Waals surface area contributed by atoms with Crippen molar-refractivity contribution in [3.8, 4) is 5.69 Å². The predicted octanol–water partition coefficient (Wildman–Crippen LogP) is 3.32. The minimum Gasteiger partial charge on any atom is -0.284 e. The molecule has 4 nitrogen and oxygen atoms in total. The monoisotopic (exact) mass is 344 g/mol. The van der Waals surface area contributed by atoms with E-state index in [1.165, 1.54) is 12.1 Å². The molecule has 0 spiro atoms. The smallest absolute Gasteiger partial charge is 0.284 e. The number of aromatic nitrogens is 3. The van der Waals surface area contributed by atoms with Gasteiger partial charge in [-0.3, -0.25) is 9.89 Å². The summed E-state index contributed by atoms with van der Waals surface area (Å²) in [7, 11) is 1.74. The van der Waals surface area contributed by atoms with Crippen LogP contribution in [-0.4, -0.2) is 9.78 Å². The van der Waals surface area contributed by atoms with Gasteiger partial charge in [0.1, 0.15) is 12.6 Å². The second-order valence-corrected chi connectivity index (χ2v) is 5.85. The van der Waals surface area contributed by atoms with Crippen LogP contribution in [0.4, 0.5) is 13.2 Å². The summed E-state index contributed by atoms with van der Waals surface area (Å²) in [4.78, 5) is 12.8. The van der Waals surface area contributed by atoms with Gasteiger partial charge in [0, 0.05) is 10.8 Å². The number of benzene rings is 2. The maximum absolute atomic E-state index is 13.0. The van der Waals surface area contributed by atoms with Gasteiger partial charge < -0.3 is 0 Å². The molecule has 7 heteroatoms. The average molecular weight is 344 g/mol. The van der Waals surface area contributed by atoms with Crippen LogP contribution in [0.3, 0.4) is 0 Å². The van der Waals surface area contributed by atoms with Gasteiger partial charge in [-0.05, 0) is 24.3 Å². The summed E-state index contributed by atoms with van der Waals surface area (Å²) in [6.45, 7) is 0. The molecule has 4 rings (SSSR count). The molecular formula is C18H13F3N3O+. The second-order valence-electron chi connectivity index (χ2n) is 5.85. The minimum absolute atomic E-state index is 0.139. The molecule has 0 aliphatic heterocycles. The molecule has 0 atom stereocenters. The van der Waals surface area contributed by atoms with Gasteiger partial charge >= 0.3 is 11.7 Å². The fourth-order valence-electron chi connectivity index (χ4n) is 3.06. The lowest BCUT2D eigenvalue weighted by atomic mass is 10.1. The van der Waals surface area contributed by atoms with E-state index in [2.05, 4.69) is 5.10 Å². The zero-order valence-electron chi connectivity index (χ0n) is 13.1. The first-order valence-electron chi connectivity index (χ1n) is 7.56. The third kappa shape index (κ3) is 2.39. The van der Waals surface area contributed by atoms with Gasteiger partial charge in [0.05, 0.1) is 11.3 Å². The number of H-pyrrole nitrogens is 1. The summed E-state index contributed by atoms with van der Waals surface area (Å²) >= 11 is 0. The molecule has 0 amide bonds. The van der Waals surface area contributed by atoms with E-state index in [-0.39, 0.29) is 5.69 Å². The average Bonchev–Trinajstić information content (AvgIpc) is 2.93. The topological polar surface area (TPSA) is 41.7 Å². The van der Waals surface area contributed by atoms with Crippen molar-refractivity contribution in [2.24, 2.45) is 7.05 Å². The van der Waals surface area contributed by atoms with Crippen LogP contribution in [0.15, 0.2) is 59.5 Å². The van der Waals surface area contributed by atoms with Gasteiger partial charge in [-0.2, -0.15) is 17.7 Å². The van der Waals surface area contributed by atoms with Crippen molar-refractivity contribution in [2.45, 2.75) is 6.18 Å². The van der Waals surface area contributed by atoms with Gasteiger partial charge in [0.25, 0.3) is 5.52 Å². The maximum atomic E-state index is 13.0. The molecular weight excluding hydrogens is 331 g/mol. The Hall–Kier alpha value is -3.09. The van der Waals surface area contributed by atoms with Crippen molar-refractivity contribution >= 4 is 21.8 Å². The molecule has 2 aromatic carbocycles. The molecule has 0 radical (unpaired) electrons. The number of hydrogen-bond acceptors (Lipinski definition) is 1. The molecule has 2 aromatic heterocycles. The Morgan fingerprint density at radius 2 is 1.84 bits per heavy atom. The molecule has 0 saturated carbocycles. The van der Waals surface area contributed by atoms with Crippen LogP contribution in [0.1, 0.15) is 5.56 Å². The SMILES string of the molecule is C[n+]1cc2ccccc2c2[nH]n(-c3cccc(C(F)(F)F)c3)c(=O)c21. The number of fused-ring (bicyclic) bond motifs is 3. The number of hydrogen-bond donors (Lipinski definition) is 1.